The van der Waals surface area contributed by atoms with Gasteiger partial charge in [-0.15, -0.1) is 0 Å². The Balaban J connectivity index is 4.22. The molecule has 1 atom stereocenters. The second-order valence-electron chi connectivity index (χ2n) is 4.66. The van der Waals surface area contributed by atoms with Crippen LogP contribution in [0.25, 0.3) is 0 Å². The van der Waals surface area contributed by atoms with Crippen LogP contribution in [0.4, 0.5) is 0 Å². The molecule has 0 spiro atoms. The zero-order valence-corrected chi connectivity index (χ0v) is 11.1. The molecule has 0 aromatic rings. The second kappa shape index (κ2) is 6.56. The number of ether oxygens (including phenoxy) is 1. The van der Waals surface area contributed by atoms with Crippen LogP contribution in [0.1, 0.15) is 20.8 Å². The number of carbonyl (C=O) groups is 2. The molecule has 6 nitrogen and oxygen atoms in total. The van der Waals surface area contributed by atoms with Gasteiger partial charge in [-0.3, -0.25) is 9.69 Å². The summed E-state index contributed by atoms with van der Waals surface area (Å²) in [6.45, 7) is 5.23. The van der Waals surface area contributed by atoms with Crippen LogP contribution in [0.3, 0.4) is 0 Å². The molecule has 0 saturated heterocycles. The number of esters is 1. The number of hydrogen-bond acceptors (Lipinski definition) is 5. The van der Waals surface area contributed by atoms with E-state index < -0.39 is 11.6 Å². The molecule has 6 heteroatoms. The van der Waals surface area contributed by atoms with E-state index in [1.165, 1.54) is 14.0 Å². The Kier molecular flexibility index (Phi) is 6.12. The molecular weight excluding hydrogens is 224 g/mol. The van der Waals surface area contributed by atoms with Crippen LogP contribution in [-0.2, 0) is 14.3 Å². The summed E-state index contributed by atoms with van der Waals surface area (Å²) >= 11 is 0. The molecular formula is C11H22N2O4. The summed E-state index contributed by atoms with van der Waals surface area (Å²) in [5.74, 6) is -0.864. The Morgan fingerprint density at radius 2 is 2.00 bits per heavy atom. The standard InChI is InChI=1S/C11H22N2O4/c1-8(2)12-9(14)6-13(4)7-11(3,16)10(15)17-5/h8,16H,6-7H2,1-5H3,(H,12,14). The van der Waals surface area contributed by atoms with Crippen molar-refractivity contribution in [2.75, 3.05) is 27.2 Å². The van der Waals surface area contributed by atoms with Gasteiger partial charge in [0.1, 0.15) is 0 Å². The number of carbonyl (C=O) groups excluding carboxylic acids is 2. The highest BCUT2D eigenvalue weighted by molar-refractivity contribution is 5.80. The Morgan fingerprint density at radius 3 is 2.41 bits per heavy atom. The molecule has 1 unspecified atom stereocenters. The summed E-state index contributed by atoms with van der Waals surface area (Å²) in [5, 5.41) is 12.5. The van der Waals surface area contributed by atoms with E-state index in [0.717, 1.165) is 0 Å². The van der Waals surface area contributed by atoms with Crippen LogP contribution in [0.2, 0.25) is 0 Å². The van der Waals surface area contributed by atoms with Crippen LogP contribution in [0.5, 0.6) is 0 Å². The number of methoxy groups -OCH3 is 1. The zero-order chi connectivity index (χ0) is 13.6. The Hall–Kier alpha value is -1.14. The minimum absolute atomic E-state index is 0.0329. The molecule has 1 amide bonds. The van der Waals surface area contributed by atoms with Gasteiger partial charge < -0.3 is 15.2 Å². The average molecular weight is 246 g/mol. The number of likely N-dealkylation sites (N-methyl/N-ethyl adjacent to an activating group) is 1. The van der Waals surface area contributed by atoms with Crippen molar-refractivity contribution in [1.82, 2.24) is 10.2 Å². The minimum Gasteiger partial charge on any atom is -0.467 e. The molecule has 0 aliphatic rings. The SMILES string of the molecule is COC(=O)C(C)(O)CN(C)CC(=O)NC(C)C. The van der Waals surface area contributed by atoms with Crippen LogP contribution in [-0.4, -0.2) is 60.8 Å². The van der Waals surface area contributed by atoms with Gasteiger partial charge in [0.05, 0.1) is 13.7 Å². The Labute approximate surface area is 102 Å². The largest absolute Gasteiger partial charge is 0.467 e. The van der Waals surface area contributed by atoms with Crippen LogP contribution in [0.15, 0.2) is 0 Å². The first-order valence-corrected chi connectivity index (χ1v) is 5.47. The topological polar surface area (TPSA) is 78.9 Å². The lowest BCUT2D eigenvalue weighted by molar-refractivity contribution is -0.162. The predicted molar refractivity (Wildman–Crippen MR) is 63.4 cm³/mol. The van der Waals surface area contributed by atoms with Crippen LogP contribution < -0.4 is 5.32 Å². The highest BCUT2D eigenvalue weighted by Gasteiger charge is 2.33. The fourth-order valence-electron chi connectivity index (χ4n) is 1.48. The zero-order valence-electron chi connectivity index (χ0n) is 11.1. The maximum Gasteiger partial charge on any atom is 0.338 e. The molecule has 0 radical (unpaired) electrons. The fraction of sp³-hybridized carbons (Fsp3) is 0.818. The maximum absolute atomic E-state index is 11.4. The quantitative estimate of drug-likeness (QED) is 0.610. The van der Waals surface area contributed by atoms with Gasteiger partial charge in [-0.25, -0.2) is 4.79 Å². The molecule has 0 saturated carbocycles. The summed E-state index contributed by atoms with van der Waals surface area (Å²) in [6.07, 6.45) is 0. The lowest BCUT2D eigenvalue weighted by Crippen LogP contribution is -2.49. The van der Waals surface area contributed by atoms with Crippen molar-refractivity contribution >= 4 is 11.9 Å². The Morgan fingerprint density at radius 1 is 1.47 bits per heavy atom. The minimum atomic E-state index is -1.61. The van der Waals surface area contributed by atoms with Crippen LogP contribution >= 0.6 is 0 Å². The normalized spacial score (nSPS) is 14.6. The van der Waals surface area contributed by atoms with Crippen molar-refractivity contribution in [3.8, 4) is 0 Å². The van der Waals surface area contributed by atoms with E-state index in [1.807, 2.05) is 13.8 Å². The van der Waals surface area contributed by atoms with Gasteiger partial charge in [-0.05, 0) is 27.8 Å². The molecule has 0 heterocycles. The molecule has 0 aromatic heterocycles. The van der Waals surface area contributed by atoms with Gasteiger partial charge in [0.15, 0.2) is 5.60 Å². The third-order valence-corrected chi connectivity index (χ3v) is 2.07. The molecule has 0 rings (SSSR count). The summed E-state index contributed by atoms with van der Waals surface area (Å²) in [5.41, 5.74) is -1.61. The molecule has 0 bridgehead atoms. The van der Waals surface area contributed by atoms with E-state index >= 15 is 0 Å². The van der Waals surface area contributed by atoms with Gasteiger partial charge in [-0.2, -0.15) is 0 Å². The van der Waals surface area contributed by atoms with E-state index in [9.17, 15) is 14.7 Å². The molecule has 2 N–H and O–H groups in total. The summed E-state index contributed by atoms with van der Waals surface area (Å²) < 4.78 is 4.47. The third-order valence-electron chi connectivity index (χ3n) is 2.07. The number of amides is 1. The van der Waals surface area contributed by atoms with Crippen LogP contribution in [0, 0.1) is 0 Å². The number of nitrogens with one attached hydrogen (secondary N) is 1. The second-order valence-corrected chi connectivity index (χ2v) is 4.66. The average Bonchev–Trinajstić information content (AvgIpc) is 2.13. The number of rotatable bonds is 6. The van der Waals surface area contributed by atoms with E-state index in [-0.39, 0.29) is 25.0 Å². The van der Waals surface area contributed by atoms with E-state index in [2.05, 4.69) is 10.1 Å². The van der Waals surface area contributed by atoms with E-state index in [1.54, 1.807) is 11.9 Å². The van der Waals surface area contributed by atoms with Crippen molar-refractivity contribution in [3.05, 3.63) is 0 Å². The van der Waals surface area contributed by atoms with Gasteiger partial charge in [0.2, 0.25) is 5.91 Å². The summed E-state index contributed by atoms with van der Waals surface area (Å²) in [4.78, 5) is 24.2. The molecule has 17 heavy (non-hydrogen) atoms. The third kappa shape index (κ3) is 6.23. The van der Waals surface area contributed by atoms with E-state index in [0.29, 0.717) is 0 Å². The molecule has 0 aromatic carbocycles. The van der Waals surface area contributed by atoms with Crippen molar-refractivity contribution in [2.24, 2.45) is 0 Å². The Bertz CT molecular complexity index is 277. The summed E-state index contributed by atoms with van der Waals surface area (Å²) in [7, 11) is 2.86. The van der Waals surface area contributed by atoms with Crippen molar-refractivity contribution < 1.29 is 19.4 Å². The first kappa shape index (κ1) is 15.9. The van der Waals surface area contributed by atoms with Crippen molar-refractivity contribution in [2.45, 2.75) is 32.4 Å². The van der Waals surface area contributed by atoms with E-state index in [4.69, 9.17) is 0 Å². The van der Waals surface area contributed by atoms with Gasteiger partial charge in [0, 0.05) is 12.6 Å². The van der Waals surface area contributed by atoms with Gasteiger partial charge in [-0.1, -0.05) is 0 Å². The van der Waals surface area contributed by atoms with Gasteiger partial charge >= 0.3 is 5.97 Å². The highest BCUT2D eigenvalue weighted by Crippen LogP contribution is 2.07. The summed E-state index contributed by atoms with van der Waals surface area (Å²) in [6, 6.07) is 0.0667. The van der Waals surface area contributed by atoms with Crippen molar-refractivity contribution in [3.63, 3.8) is 0 Å². The number of aliphatic hydroxyl groups is 1. The fourth-order valence-corrected chi connectivity index (χ4v) is 1.48. The predicted octanol–water partition coefficient (Wildman–Crippen LogP) is -0.633. The number of nitrogens with zero attached hydrogens (tertiary/aromatic N) is 1. The maximum atomic E-state index is 11.4. The van der Waals surface area contributed by atoms with Gasteiger partial charge in [0.25, 0.3) is 0 Å². The lowest BCUT2D eigenvalue weighted by Gasteiger charge is -2.26. The lowest BCUT2D eigenvalue weighted by atomic mass is 10.1. The van der Waals surface area contributed by atoms with Crippen molar-refractivity contribution in [1.29, 1.82) is 0 Å². The molecule has 0 fully saturated rings. The smallest absolute Gasteiger partial charge is 0.338 e. The monoisotopic (exact) mass is 246 g/mol. The molecule has 0 aliphatic heterocycles. The molecule has 100 valence electrons. The number of hydrogen-bond donors (Lipinski definition) is 2. The first-order chi connectivity index (χ1) is 7.69. The highest BCUT2D eigenvalue weighted by atomic mass is 16.5. The molecule has 0 aliphatic carbocycles. The first-order valence-electron chi connectivity index (χ1n) is 5.47.